The van der Waals surface area contributed by atoms with Crippen molar-refractivity contribution in [1.29, 1.82) is 0 Å². The SMILES string of the molecule is CC(C)CNC(=O)[C@@H](C)N(Cc1ccccc1F)C(=O)CN(c1ccc(C(C)(C)C)cc1)S(C)(=O)=O. The molecule has 2 rings (SSSR count). The Hall–Kier alpha value is -2.94. The number of carbonyl (C=O) groups is 2. The van der Waals surface area contributed by atoms with E-state index in [1.807, 2.05) is 46.8 Å². The molecule has 9 heteroatoms. The Bertz CT molecular complexity index is 1160. The first-order valence-corrected chi connectivity index (χ1v) is 13.8. The van der Waals surface area contributed by atoms with Crippen LogP contribution < -0.4 is 9.62 Å². The summed E-state index contributed by atoms with van der Waals surface area (Å²) >= 11 is 0. The van der Waals surface area contributed by atoms with Gasteiger partial charge in [0, 0.05) is 18.7 Å². The number of hydrogen-bond acceptors (Lipinski definition) is 4. The Labute approximate surface area is 214 Å². The number of sulfonamides is 1. The molecule has 0 radical (unpaired) electrons. The Kier molecular flexibility index (Phi) is 9.65. The number of amides is 2. The average Bonchev–Trinajstić information content (AvgIpc) is 2.78. The van der Waals surface area contributed by atoms with E-state index in [9.17, 15) is 22.4 Å². The highest BCUT2D eigenvalue weighted by Gasteiger charge is 2.30. The zero-order valence-corrected chi connectivity index (χ0v) is 23.0. The highest BCUT2D eigenvalue weighted by molar-refractivity contribution is 7.92. The number of hydrogen-bond donors (Lipinski definition) is 1. The van der Waals surface area contributed by atoms with Gasteiger partial charge in [0.2, 0.25) is 21.8 Å². The number of nitrogens with zero attached hydrogens (tertiary/aromatic N) is 2. The summed E-state index contributed by atoms with van der Waals surface area (Å²) in [4.78, 5) is 27.6. The molecule has 0 unspecified atom stereocenters. The lowest BCUT2D eigenvalue weighted by molar-refractivity contribution is -0.139. The molecule has 1 atom stereocenters. The lowest BCUT2D eigenvalue weighted by Gasteiger charge is -2.32. The fourth-order valence-electron chi connectivity index (χ4n) is 3.59. The lowest BCUT2D eigenvalue weighted by Crippen LogP contribution is -2.51. The minimum absolute atomic E-state index is 0.125. The number of benzene rings is 2. The number of nitrogens with one attached hydrogen (secondary N) is 1. The Morgan fingerprint density at radius 2 is 1.58 bits per heavy atom. The Morgan fingerprint density at radius 3 is 2.08 bits per heavy atom. The van der Waals surface area contributed by atoms with Crippen molar-refractivity contribution in [2.45, 2.75) is 59.5 Å². The van der Waals surface area contributed by atoms with E-state index in [0.29, 0.717) is 12.2 Å². The topological polar surface area (TPSA) is 86.8 Å². The number of carbonyl (C=O) groups excluding carboxylic acids is 2. The van der Waals surface area contributed by atoms with Gasteiger partial charge in [0.25, 0.3) is 0 Å². The van der Waals surface area contributed by atoms with Crippen LogP contribution >= 0.6 is 0 Å². The first kappa shape index (κ1) is 29.3. The molecule has 2 aromatic carbocycles. The van der Waals surface area contributed by atoms with Gasteiger partial charge in [0.1, 0.15) is 18.4 Å². The molecule has 198 valence electrons. The van der Waals surface area contributed by atoms with Crippen molar-refractivity contribution in [2.24, 2.45) is 5.92 Å². The maximum atomic E-state index is 14.4. The fourth-order valence-corrected chi connectivity index (χ4v) is 4.44. The normalized spacial score (nSPS) is 12.8. The zero-order chi connectivity index (χ0) is 27.3. The smallest absolute Gasteiger partial charge is 0.244 e. The van der Waals surface area contributed by atoms with Crippen molar-refractivity contribution < 1.29 is 22.4 Å². The summed E-state index contributed by atoms with van der Waals surface area (Å²) < 4.78 is 40.8. The summed E-state index contributed by atoms with van der Waals surface area (Å²) in [5, 5.41) is 2.79. The van der Waals surface area contributed by atoms with Crippen molar-refractivity contribution >= 4 is 27.5 Å². The van der Waals surface area contributed by atoms with Crippen LogP contribution in [0.15, 0.2) is 48.5 Å². The van der Waals surface area contributed by atoms with Crippen molar-refractivity contribution in [1.82, 2.24) is 10.2 Å². The quantitative estimate of drug-likeness (QED) is 0.513. The van der Waals surface area contributed by atoms with Gasteiger partial charge in [-0.1, -0.05) is 65.0 Å². The summed E-state index contributed by atoms with van der Waals surface area (Å²) in [6.45, 7) is 11.3. The van der Waals surface area contributed by atoms with Crippen LogP contribution in [0, 0.1) is 11.7 Å². The summed E-state index contributed by atoms with van der Waals surface area (Å²) in [5.74, 6) is -1.32. The molecule has 0 aromatic heterocycles. The molecule has 0 saturated heterocycles. The van der Waals surface area contributed by atoms with Crippen LogP contribution in [-0.2, 0) is 31.6 Å². The average molecular weight is 520 g/mol. The van der Waals surface area contributed by atoms with Gasteiger partial charge in [-0.05, 0) is 42.0 Å². The van der Waals surface area contributed by atoms with E-state index >= 15 is 0 Å². The molecule has 0 fully saturated rings. The van der Waals surface area contributed by atoms with E-state index in [2.05, 4.69) is 5.32 Å². The minimum atomic E-state index is -3.83. The molecule has 0 aliphatic heterocycles. The van der Waals surface area contributed by atoms with Crippen LogP contribution in [-0.4, -0.2) is 50.5 Å². The van der Waals surface area contributed by atoms with Crippen molar-refractivity contribution in [3.63, 3.8) is 0 Å². The van der Waals surface area contributed by atoms with E-state index in [1.54, 1.807) is 25.1 Å². The van der Waals surface area contributed by atoms with Crippen LogP contribution in [0.5, 0.6) is 0 Å². The molecule has 0 bridgehead atoms. The second kappa shape index (κ2) is 11.9. The molecule has 1 N–H and O–H groups in total. The van der Waals surface area contributed by atoms with Crippen molar-refractivity contribution in [3.05, 3.63) is 65.5 Å². The van der Waals surface area contributed by atoms with E-state index in [-0.39, 0.29) is 23.4 Å². The van der Waals surface area contributed by atoms with Crippen LogP contribution in [0.4, 0.5) is 10.1 Å². The Balaban J connectivity index is 2.39. The van der Waals surface area contributed by atoms with Gasteiger partial charge in [0.15, 0.2) is 0 Å². The standard InChI is InChI=1S/C27H38FN3O4S/c1-19(2)16-29-26(33)20(3)30(17-21-10-8-9-11-24(21)28)25(32)18-31(36(7,34)35)23-14-12-22(13-15-23)27(4,5)6/h8-15,19-20H,16-18H2,1-7H3,(H,29,33)/t20-/m1/s1. The predicted octanol–water partition coefficient (Wildman–Crippen LogP) is 4.08. The van der Waals surface area contributed by atoms with Crippen molar-refractivity contribution in [2.75, 3.05) is 23.7 Å². The van der Waals surface area contributed by atoms with Gasteiger partial charge < -0.3 is 10.2 Å². The van der Waals surface area contributed by atoms with Gasteiger partial charge in [-0.15, -0.1) is 0 Å². The van der Waals surface area contributed by atoms with Gasteiger partial charge >= 0.3 is 0 Å². The van der Waals surface area contributed by atoms with Gasteiger partial charge in [-0.25, -0.2) is 12.8 Å². The number of anilines is 1. The lowest BCUT2D eigenvalue weighted by atomic mass is 9.87. The number of halogens is 1. The van der Waals surface area contributed by atoms with E-state index in [0.717, 1.165) is 16.1 Å². The van der Waals surface area contributed by atoms with Gasteiger partial charge in [-0.2, -0.15) is 0 Å². The predicted molar refractivity (Wildman–Crippen MR) is 142 cm³/mol. The van der Waals surface area contributed by atoms with Gasteiger partial charge in [-0.3, -0.25) is 13.9 Å². The van der Waals surface area contributed by atoms with Crippen LogP contribution in [0.2, 0.25) is 0 Å². The first-order chi connectivity index (χ1) is 16.6. The zero-order valence-electron chi connectivity index (χ0n) is 22.2. The molecular weight excluding hydrogens is 481 g/mol. The summed E-state index contributed by atoms with van der Waals surface area (Å²) in [5.41, 5.74) is 1.46. The molecule has 0 saturated carbocycles. The van der Waals surface area contributed by atoms with Crippen LogP contribution in [0.25, 0.3) is 0 Å². The van der Waals surface area contributed by atoms with E-state index in [1.165, 1.54) is 23.1 Å². The fraction of sp³-hybridized carbons (Fsp3) is 0.481. The first-order valence-electron chi connectivity index (χ1n) is 12.0. The summed E-state index contributed by atoms with van der Waals surface area (Å²) in [6.07, 6.45) is 1.03. The second-order valence-corrected chi connectivity index (χ2v) is 12.4. The largest absolute Gasteiger partial charge is 0.354 e. The molecule has 0 aliphatic carbocycles. The van der Waals surface area contributed by atoms with E-state index in [4.69, 9.17) is 0 Å². The molecule has 2 amide bonds. The highest BCUT2D eigenvalue weighted by atomic mass is 32.2. The molecule has 0 aliphatic rings. The van der Waals surface area contributed by atoms with Gasteiger partial charge in [0.05, 0.1) is 11.9 Å². The van der Waals surface area contributed by atoms with Crippen LogP contribution in [0.3, 0.4) is 0 Å². The molecular formula is C27H38FN3O4S. The molecule has 2 aromatic rings. The molecule has 7 nitrogen and oxygen atoms in total. The van der Waals surface area contributed by atoms with Crippen LogP contribution in [0.1, 0.15) is 52.7 Å². The van der Waals surface area contributed by atoms with E-state index < -0.39 is 40.2 Å². The van der Waals surface area contributed by atoms with Crippen molar-refractivity contribution in [3.8, 4) is 0 Å². The monoisotopic (exact) mass is 519 g/mol. The minimum Gasteiger partial charge on any atom is -0.354 e. The summed E-state index contributed by atoms with van der Waals surface area (Å²) in [7, 11) is -3.83. The molecule has 0 heterocycles. The maximum Gasteiger partial charge on any atom is 0.244 e. The molecule has 0 spiro atoms. The third-order valence-electron chi connectivity index (χ3n) is 5.85. The third-order valence-corrected chi connectivity index (χ3v) is 6.99. The molecule has 36 heavy (non-hydrogen) atoms. The summed E-state index contributed by atoms with van der Waals surface area (Å²) in [6, 6.07) is 12.0. The second-order valence-electron chi connectivity index (χ2n) is 10.5. The highest BCUT2D eigenvalue weighted by Crippen LogP contribution is 2.26. The Morgan fingerprint density at radius 1 is 1.00 bits per heavy atom. The maximum absolute atomic E-state index is 14.4. The number of rotatable bonds is 10. The third kappa shape index (κ3) is 8.05.